The van der Waals surface area contributed by atoms with Gasteiger partial charge in [-0.2, -0.15) is 0 Å². The van der Waals surface area contributed by atoms with E-state index in [-0.39, 0.29) is 0 Å². The third kappa shape index (κ3) is 5.16. The average Bonchev–Trinajstić information content (AvgIpc) is 2.48. The Bertz CT molecular complexity index is 364. The van der Waals surface area contributed by atoms with Gasteiger partial charge in [-0.15, -0.1) is 0 Å². The van der Waals surface area contributed by atoms with Crippen LogP contribution in [0.1, 0.15) is 44.6 Å². The molecule has 1 saturated heterocycles. The highest BCUT2D eigenvalue weighted by molar-refractivity contribution is 5.44. The normalized spacial score (nSPS) is 17.3. The molecule has 0 unspecified atom stereocenters. The van der Waals surface area contributed by atoms with Gasteiger partial charge in [-0.05, 0) is 69.4 Å². The summed E-state index contributed by atoms with van der Waals surface area (Å²) >= 11 is 0. The number of anilines is 1. The van der Waals surface area contributed by atoms with E-state index >= 15 is 0 Å². The van der Waals surface area contributed by atoms with Gasteiger partial charge in [0.2, 0.25) is 0 Å². The van der Waals surface area contributed by atoms with Crippen molar-refractivity contribution in [2.24, 2.45) is 5.92 Å². The van der Waals surface area contributed by atoms with E-state index in [9.17, 15) is 0 Å². The monoisotopic (exact) mass is 274 g/mol. The summed E-state index contributed by atoms with van der Waals surface area (Å²) in [7, 11) is 2.22. The highest BCUT2D eigenvalue weighted by Gasteiger charge is 2.15. The average molecular weight is 274 g/mol. The number of nitrogens with one attached hydrogen (secondary N) is 1. The van der Waals surface area contributed by atoms with Gasteiger partial charge in [0.1, 0.15) is 0 Å². The van der Waals surface area contributed by atoms with Gasteiger partial charge in [0.15, 0.2) is 0 Å². The van der Waals surface area contributed by atoms with Crippen molar-refractivity contribution >= 4 is 5.69 Å². The molecular formula is C18H30N2. The van der Waals surface area contributed by atoms with Gasteiger partial charge in [0, 0.05) is 12.2 Å². The number of unbranched alkanes of at least 4 members (excludes halogenated alkanes) is 2. The number of hydrogen-bond acceptors (Lipinski definition) is 2. The van der Waals surface area contributed by atoms with E-state index in [0.717, 1.165) is 12.5 Å². The van der Waals surface area contributed by atoms with Gasteiger partial charge >= 0.3 is 0 Å². The first-order valence-corrected chi connectivity index (χ1v) is 8.29. The number of aryl methyl sites for hydroxylation is 1. The maximum atomic E-state index is 3.61. The maximum absolute atomic E-state index is 3.61. The molecule has 0 spiro atoms. The van der Waals surface area contributed by atoms with Crippen LogP contribution < -0.4 is 5.32 Å². The zero-order valence-electron chi connectivity index (χ0n) is 13.2. The lowest BCUT2D eigenvalue weighted by Gasteiger charge is -2.29. The molecular weight excluding hydrogens is 244 g/mol. The first kappa shape index (κ1) is 15.4. The number of likely N-dealkylation sites (tertiary alicyclic amines) is 1. The lowest BCUT2D eigenvalue weighted by molar-refractivity contribution is 0.226. The summed E-state index contributed by atoms with van der Waals surface area (Å²) < 4.78 is 0. The van der Waals surface area contributed by atoms with E-state index < -0.39 is 0 Å². The second-order valence-corrected chi connectivity index (χ2v) is 6.28. The van der Waals surface area contributed by atoms with Gasteiger partial charge < -0.3 is 10.2 Å². The molecule has 1 aromatic rings. The van der Waals surface area contributed by atoms with E-state index in [4.69, 9.17) is 0 Å². The van der Waals surface area contributed by atoms with Gasteiger partial charge in [-0.3, -0.25) is 0 Å². The third-order valence-corrected chi connectivity index (χ3v) is 4.46. The molecule has 0 bridgehead atoms. The topological polar surface area (TPSA) is 15.3 Å². The predicted molar refractivity (Wildman–Crippen MR) is 88.4 cm³/mol. The van der Waals surface area contributed by atoms with E-state index in [1.165, 1.54) is 62.9 Å². The summed E-state index contributed by atoms with van der Waals surface area (Å²) in [4.78, 5) is 2.43. The fraction of sp³-hybridized carbons (Fsp3) is 0.667. The molecule has 1 aromatic carbocycles. The fourth-order valence-electron chi connectivity index (χ4n) is 2.90. The van der Waals surface area contributed by atoms with Crippen LogP contribution in [-0.2, 0) is 6.42 Å². The lowest BCUT2D eigenvalue weighted by atomic mass is 9.97. The molecule has 0 amide bonds. The Kier molecular flexibility index (Phi) is 6.38. The summed E-state index contributed by atoms with van der Waals surface area (Å²) in [6, 6.07) is 9.06. The van der Waals surface area contributed by atoms with E-state index in [1.807, 2.05) is 0 Å². The minimum absolute atomic E-state index is 0.843. The number of benzene rings is 1. The van der Waals surface area contributed by atoms with Crippen molar-refractivity contribution in [3.05, 3.63) is 29.8 Å². The minimum atomic E-state index is 0.843. The standard InChI is InChI=1S/C18H30N2/c1-3-4-5-6-16-7-9-18(10-8-16)19-15-17-11-13-20(2)14-12-17/h7-10,17,19H,3-6,11-15H2,1-2H3. The Hall–Kier alpha value is -1.02. The molecule has 2 nitrogen and oxygen atoms in total. The molecule has 1 aliphatic rings. The van der Waals surface area contributed by atoms with Crippen LogP contribution in [0, 0.1) is 5.92 Å². The van der Waals surface area contributed by atoms with E-state index in [2.05, 4.69) is 48.5 Å². The quantitative estimate of drug-likeness (QED) is 0.751. The summed E-state index contributed by atoms with van der Waals surface area (Å²) in [5, 5.41) is 3.61. The molecule has 2 rings (SSSR count). The van der Waals surface area contributed by atoms with Crippen LogP contribution in [0.25, 0.3) is 0 Å². The van der Waals surface area contributed by atoms with Gasteiger partial charge in [-0.25, -0.2) is 0 Å². The number of nitrogens with zero attached hydrogens (tertiary/aromatic N) is 1. The summed E-state index contributed by atoms with van der Waals surface area (Å²) in [5.41, 5.74) is 2.76. The van der Waals surface area contributed by atoms with Crippen molar-refractivity contribution in [1.82, 2.24) is 4.90 Å². The van der Waals surface area contributed by atoms with Crippen molar-refractivity contribution in [1.29, 1.82) is 0 Å². The number of piperidine rings is 1. The van der Waals surface area contributed by atoms with Crippen LogP contribution >= 0.6 is 0 Å². The molecule has 1 heterocycles. The lowest BCUT2D eigenvalue weighted by Crippen LogP contribution is -2.32. The van der Waals surface area contributed by atoms with Crippen molar-refractivity contribution in [3.63, 3.8) is 0 Å². The molecule has 0 aromatic heterocycles. The molecule has 1 N–H and O–H groups in total. The summed E-state index contributed by atoms with van der Waals surface area (Å²) in [6.07, 6.45) is 7.85. The zero-order chi connectivity index (χ0) is 14.2. The Labute approximate surface area is 124 Å². The Morgan fingerprint density at radius 1 is 1.10 bits per heavy atom. The summed E-state index contributed by atoms with van der Waals surface area (Å²) in [5.74, 6) is 0.843. The smallest absolute Gasteiger partial charge is 0.0340 e. The Morgan fingerprint density at radius 3 is 2.45 bits per heavy atom. The second kappa shape index (κ2) is 8.31. The maximum Gasteiger partial charge on any atom is 0.0340 e. The highest BCUT2D eigenvalue weighted by Crippen LogP contribution is 2.18. The first-order valence-electron chi connectivity index (χ1n) is 8.29. The van der Waals surface area contributed by atoms with Crippen LogP contribution in [-0.4, -0.2) is 31.6 Å². The third-order valence-electron chi connectivity index (χ3n) is 4.46. The highest BCUT2D eigenvalue weighted by atomic mass is 15.1. The second-order valence-electron chi connectivity index (χ2n) is 6.28. The van der Waals surface area contributed by atoms with Crippen LogP contribution in [0.5, 0.6) is 0 Å². The first-order chi connectivity index (χ1) is 9.78. The molecule has 1 fully saturated rings. The molecule has 1 aliphatic heterocycles. The van der Waals surface area contributed by atoms with Crippen LogP contribution in [0.2, 0.25) is 0 Å². The van der Waals surface area contributed by atoms with Crippen molar-refractivity contribution in [2.45, 2.75) is 45.4 Å². The number of hydrogen-bond donors (Lipinski definition) is 1. The Morgan fingerprint density at radius 2 is 1.80 bits per heavy atom. The van der Waals surface area contributed by atoms with Gasteiger partial charge in [-0.1, -0.05) is 31.9 Å². The van der Waals surface area contributed by atoms with Crippen LogP contribution in [0.4, 0.5) is 5.69 Å². The van der Waals surface area contributed by atoms with E-state index in [1.54, 1.807) is 0 Å². The molecule has 112 valence electrons. The van der Waals surface area contributed by atoms with Gasteiger partial charge in [0.25, 0.3) is 0 Å². The van der Waals surface area contributed by atoms with Crippen molar-refractivity contribution in [3.8, 4) is 0 Å². The zero-order valence-corrected chi connectivity index (χ0v) is 13.2. The molecule has 0 aliphatic carbocycles. The SMILES string of the molecule is CCCCCc1ccc(NCC2CCN(C)CC2)cc1. The molecule has 0 atom stereocenters. The predicted octanol–water partition coefficient (Wildman–Crippen LogP) is 4.17. The van der Waals surface area contributed by atoms with Crippen LogP contribution in [0.3, 0.4) is 0 Å². The number of rotatable bonds is 7. The van der Waals surface area contributed by atoms with E-state index in [0.29, 0.717) is 0 Å². The molecule has 20 heavy (non-hydrogen) atoms. The minimum Gasteiger partial charge on any atom is -0.385 e. The van der Waals surface area contributed by atoms with Crippen molar-refractivity contribution < 1.29 is 0 Å². The fourth-order valence-corrected chi connectivity index (χ4v) is 2.90. The largest absolute Gasteiger partial charge is 0.385 e. The Balaban J connectivity index is 1.70. The molecule has 0 saturated carbocycles. The van der Waals surface area contributed by atoms with Crippen LogP contribution in [0.15, 0.2) is 24.3 Å². The van der Waals surface area contributed by atoms with Gasteiger partial charge in [0.05, 0.1) is 0 Å². The summed E-state index contributed by atoms with van der Waals surface area (Å²) in [6.45, 7) is 5.89. The van der Waals surface area contributed by atoms with Crippen molar-refractivity contribution in [2.75, 3.05) is 32.0 Å². The molecule has 2 heteroatoms. The molecule has 0 radical (unpaired) electrons.